The summed E-state index contributed by atoms with van der Waals surface area (Å²) in [5.41, 5.74) is 0. The van der Waals surface area contributed by atoms with Gasteiger partial charge in [0.05, 0.1) is 4.90 Å². The van der Waals surface area contributed by atoms with Crippen molar-refractivity contribution in [2.24, 2.45) is 0 Å². The van der Waals surface area contributed by atoms with Crippen LogP contribution in [-0.2, 0) is 14.3 Å². The molecular formula is C9H8BrO3S. The number of rotatable bonds is 4. The average molecular weight is 276 g/mol. The fraction of sp³-hybridized carbons (Fsp3) is 0. The molecule has 0 aliphatic carbocycles. The monoisotopic (exact) mass is 275 g/mol. The van der Waals surface area contributed by atoms with E-state index in [0.29, 0.717) is 0 Å². The Morgan fingerprint density at radius 2 is 1.86 bits per heavy atom. The smallest absolute Gasteiger partial charge is 0.256 e. The van der Waals surface area contributed by atoms with Crippen LogP contribution in [0.1, 0.15) is 0 Å². The van der Waals surface area contributed by atoms with Crippen LogP contribution in [0.3, 0.4) is 0 Å². The van der Waals surface area contributed by atoms with Gasteiger partial charge in [0, 0.05) is 4.47 Å². The molecule has 0 amide bonds. The van der Waals surface area contributed by atoms with Gasteiger partial charge in [-0.2, -0.15) is 8.42 Å². The molecule has 1 aromatic carbocycles. The minimum atomic E-state index is -3.69. The van der Waals surface area contributed by atoms with Crippen LogP contribution < -0.4 is 0 Å². The minimum absolute atomic E-state index is 0.110. The van der Waals surface area contributed by atoms with Crippen LogP contribution in [0.5, 0.6) is 0 Å². The van der Waals surface area contributed by atoms with Crippen molar-refractivity contribution >= 4 is 26.0 Å². The highest BCUT2D eigenvalue weighted by molar-refractivity contribution is 9.10. The zero-order valence-corrected chi connectivity index (χ0v) is 9.58. The predicted molar refractivity (Wildman–Crippen MR) is 56.9 cm³/mol. The highest BCUT2D eigenvalue weighted by Crippen LogP contribution is 2.16. The van der Waals surface area contributed by atoms with Crippen molar-refractivity contribution in [3.63, 3.8) is 0 Å². The van der Waals surface area contributed by atoms with Gasteiger partial charge in [0.1, 0.15) is 6.61 Å². The molecule has 0 spiro atoms. The molecule has 1 aromatic rings. The first kappa shape index (κ1) is 11.4. The van der Waals surface area contributed by atoms with Gasteiger partial charge >= 0.3 is 0 Å². The molecule has 0 unspecified atom stereocenters. The molecule has 3 nitrogen and oxygen atoms in total. The van der Waals surface area contributed by atoms with Crippen LogP contribution in [0.15, 0.2) is 46.3 Å². The van der Waals surface area contributed by atoms with Gasteiger partial charge in [-0.1, -0.05) is 22.0 Å². The molecule has 0 N–H and O–H groups in total. The molecule has 0 heterocycles. The normalized spacial score (nSPS) is 11.2. The van der Waals surface area contributed by atoms with E-state index in [1.54, 1.807) is 12.1 Å². The van der Waals surface area contributed by atoms with Gasteiger partial charge in [0.2, 0.25) is 0 Å². The Kier molecular flexibility index (Phi) is 3.86. The lowest BCUT2D eigenvalue weighted by Gasteiger charge is -2.02. The highest BCUT2D eigenvalue weighted by atomic mass is 79.9. The van der Waals surface area contributed by atoms with Crippen LogP contribution in [0.4, 0.5) is 0 Å². The molecule has 0 fully saturated rings. The van der Waals surface area contributed by atoms with Crippen LogP contribution in [0.25, 0.3) is 0 Å². The van der Waals surface area contributed by atoms with Crippen molar-refractivity contribution in [3.8, 4) is 0 Å². The van der Waals surface area contributed by atoms with Gasteiger partial charge in [-0.05, 0) is 24.3 Å². The summed E-state index contributed by atoms with van der Waals surface area (Å²) in [7, 11) is -3.69. The molecule has 0 bridgehead atoms. The maximum absolute atomic E-state index is 11.4. The Balaban J connectivity index is 2.93. The molecule has 0 saturated heterocycles. The summed E-state index contributed by atoms with van der Waals surface area (Å²) >= 11 is 3.21. The lowest BCUT2D eigenvalue weighted by atomic mass is 10.4. The standard InChI is InChI=1S/C9H8BrO3S/c1-2-7-13-14(11,12)9-5-3-8(10)4-6-9/h2-7H,1H2. The van der Waals surface area contributed by atoms with E-state index in [1.807, 2.05) is 0 Å². The largest absolute Gasteiger partial charge is 0.297 e. The third-order valence-electron chi connectivity index (χ3n) is 1.38. The summed E-state index contributed by atoms with van der Waals surface area (Å²) < 4.78 is 28.1. The first-order valence-corrected chi connectivity index (χ1v) is 5.89. The van der Waals surface area contributed by atoms with E-state index in [0.717, 1.165) is 11.1 Å². The van der Waals surface area contributed by atoms with Gasteiger partial charge in [0.25, 0.3) is 10.1 Å². The molecule has 75 valence electrons. The maximum Gasteiger partial charge on any atom is 0.297 e. The average Bonchev–Trinajstić information content (AvgIpc) is 2.16. The molecule has 14 heavy (non-hydrogen) atoms. The van der Waals surface area contributed by atoms with Crippen molar-refractivity contribution in [2.45, 2.75) is 4.90 Å². The van der Waals surface area contributed by atoms with E-state index >= 15 is 0 Å². The molecule has 5 heteroatoms. The van der Waals surface area contributed by atoms with E-state index in [9.17, 15) is 8.42 Å². The van der Waals surface area contributed by atoms with Crippen LogP contribution in [0.2, 0.25) is 0 Å². The quantitative estimate of drug-likeness (QED) is 0.793. The molecule has 1 radical (unpaired) electrons. The van der Waals surface area contributed by atoms with Crippen LogP contribution >= 0.6 is 15.9 Å². The molecule has 1 rings (SSSR count). The van der Waals surface area contributed by atoms with Crippen molar-refractivity contribution in [3.05, 3.63) is 48.0 Å². The molecular weight excluding hydrogens is 268 g/mol. The second kappa shape index (κ2) is 4.72. The SMILES string of the molecule is C=C[CH]OS(=O)(=O)c1ccc(Br)cc1. The number of hydrogen-bond donors (Lipinski definition) is 0. The molecule has 0 aromatic heterocycles. The Hall–Kier alpha value is -0.650. The lowest BCUT2D eigenvalue weighted by molar-refractivity contribution is 0.412. The van der Waals surface area contributed by atoms with Gasteiger partial charge in [-0.15, -0.1) is 6.58 Å². The Morgan fingerprint density at radius 3 is 2.36 bits per heavy atom. The molecule has 0 saturated carbocycles. The third-order valence-corrected chi connectivity index (χ3v) is 3.12. The third kappa shape index (κ3) is 2.94. The van der Waals surface area contributed by atoms with Crippen molar-refractivity contribution in [1.29, 1.82) is 0 Å². The van der Waals surface area contributed by atoms with E-state index in [-0.39, 0.29) is 4.90 Å². The number of halogens is 1. The molecule has 0 atom stereocenters. The topological polar surface area (TPSA) is 43.4 Å². The van der Waals surface area contributed by atoms with Gasteiger partial charge in [-0.3, -0.25) is 4.18 Å². The van der Waals surface area contributed by atoms with Crippen molar-refractivity contribution < 1.29 is 12.6 Å². The second-order valence-corrected chi connectivity index (χ2v) is 4.86. The Morgan fingerprint density at radius 1 is 1.29 bits per heavy atom. The minimum Gasteiger partial charge on any atom is -0.256 e. The molecule has 0 aliphatic heterocycles. The molecule has 0 aliphatic rings. The maximum atomic E-state index is 11.4. The first-order valence-electron chi connectivity index (χ1n) is 3.69. The van der Waals surface area contributed by atoms with E-state index in [4.69, 9.17) is 0 Å². The summed E-state index contributed by atoms with van der Waals surface area (Å²) in [5, 5.41) is 0. The van der Waals surface area contributed by atoms with Gasteiger partial charge in [0.15, 0.2) is 0 Å². The van der Waals surface area contributed by atoms with Gasteiger partial charge in [-0.25, -0.2) is 0 Å². The summed E-state index contributed by atoms with van der Waals surface area (Å²) in [6, 6.07) is 6.17. The van der Waals surface area contributed by atoms with Crippen molar-refractivity contribution in [2.75, 3.05) is 0 Å². The number of hydrogen-bond acceptors (Lipinski definition) is 3. The fourth-order valence-electron chi connectivity index (χ4n) is 0.769. The zero-order chi connectivity index (χ0) is 10.6. The van der Waals surface area contributed by atoms with E-state index in [2.05, 4.69) is 26.7 Å². The zero-order valence-electron chi connectivity index (χ0n) is 7.18. The van der Waals surface area contributed by atoms with Gasteiger partial charge < -0.3 is 0 Å². The summed E-state index contributed by atoms with van der Waals surface area (Å²) in [6.07, 6.45) is 1.26. The summed E-state index contributed by atoms with van der Waals surface area (Å²) in [4.78, 5) is 0.110. The van der Waals surface area contributed by atoms with E-state index < -0.39 is 10.1 Å². The Bertz CT molecular complexity index is 408. The van der Waals surface area contributed by atoms with Crippen LogP contribution in [0, 0.1) is 6.61 Å². The predicted octanol–water partition coefficient (Wildman–Crippen LogP) is 2.50. The van der Waals surface area contributed by atoms with Crippen molar-refractivity contribution in [1.82, 2.24) is 0 Å². The lowest BCUT2D eigenvalue weighted by Crippen LogP contribution is -2.03. The number of benzene rings is 1. The summed E-state index contributed by atoms with van der Waals surface area (Å²) in [6.45, 7) is 4.34. The van der Waals surface area contributed by atoms with E-state index in [1.165, 1.54) is 18.2 Å². The second-order valence-electron chi connectivity index (χ2n) is 2.38. The summed E-state index contributed by atoms with van der Waals surface area (Å²) in [5.74, 6) is 0. The first-order chi connectivity index (χ1) is 6.56. The highest BCUT2D eigenvalue weighted by Gasteiger charge is 2.13. The van der Waals surface area contributed by atoms with Crippen LogP contribution in [-0.4, -0.2) is 8.42 Å². The Labute approximate surface area is 91.7 Å². The fourth-order valence-corrected chi connectivity index (χ4v) is 1.84.